The summed E-state index contributed by atoms with van der Waals surface area (Å²) in [6, 6.07) is 13.2. The molecule has 0 aliphatic carbocycles. The average molecular weight is 367 g/mol. The van der Waals surface area contributed by atoms with Crippen molar-refractivity contribution in [1.29, 1.82) is 0 Å². The Hall–Kier alpha value is -2.09. The highest BCUT2D eigenvalue weighted by atomic mass is 35.5. The van der Waals surface area contributed by atoms with Gasteiger partial charge in [0.15, 0.2) is 6.10 Å². The van der Waals surface area contributed by atoms with Crippen LogP contribution in [-0.2, 0) is 14.8 Å². The van der Waals surface area contributed by atoms with Crippen LogP contribution in [0.25, 0.3) is 0 Å². The van der Waals surface area contributed by atoms with E-state index >= 15 is 0 Å². The second-order valence-electron chi connectivity index (χ2n) is 5.21. The summed E-state index contributed by atoms with van der Waals surface area (Å²) >= 11 is 5.91. The van der Waals surface area contributed by atoms with Crippen molar-refractivity contribution < 1.29 is 17.9 Å². The van der Waals surface area contributed by atoms with Gasteiger partial charge < -0.3 is 10.1 Å². The van der Waals surface area contributed by atoms with Crippen LogP contribution in [0.3, 0.4) is 0 Å². The third-order valence-corrected chi connectivity index (χ3v) is 5.49. The molecule has 1 aliphatic heterocycles. The molecule has 1 heterocycles. The predicted molar refractivity (Wildman–Crippen MR) is 90.7 cm³/mol. The standard InChI is InChI=1S/C16H15ClN2O4S/c17-11-5-1-4-8-15(11)24(21,22)18-10-9-14-16(20)19-12-6-2-3-7-13(12)23-14/h1-8,14,18H,9-10H2,(H,19,20). The lowest BCUT2D eigenvalue weighted by Crippen LogP contribution is -2.39. The smallest absolute Gasteiger partial charge is 0.265 e. The second-order valence-corrected chi connectivity index (χ2v) is 7.35. The van der Waals surface area contributed by atoms with Crippen LogP contribution in [0.5, 0.6) is 5.75 Å². The quantitative estimate of drug-likeness (QED) is 0.851. The molecule has 6 nitrogen and oxygen atoms in total. The van der Waals surface area contributed by atoms with Crippen molar-refractivity contribution in [1.82, 2.24) is 4.72 Å². The van der Waals surface area contributed by atoms with Crippen molar-refractivity contribution in [2.24, 2.45) is 0 Å². The first-order chi connectivity index (χ1) is 11.5. The number of sulfonamides is 1. The third kappa shape index (κ3) is 3.53. The van der Waals surface area contributed by atoms with Gasteiger partial charge in [0.25, 0.3) is 5.91 Å². The molecule has 126 valence electrons. The minimum atomic E-state index is -3.74. The van der Waals surface area contributed by atoms with Gasteiger partial charge in [-0.2, -0.15) is 0 Å². The number of ether oxygens (including phenoxy) is 1. The molecule has 0 fully saturated rings. The van der Waals surface area contributed by atoms with Crippen LogP contribution < -0.4 is 14.8 Å². The molecule has 0 saturated carbocycles. The fourth-order valence-corrected chi connectivity index (χ4v) is 3.91. The van der Waals surface area contributed by atoms with Crippen molar-refractivity contribution in [3.05, 3.63) is 53.6 Å². The van der Waals surface area contributed by atoms with Crippen LogP contribution in [0.2, 0.25) is 5.02 Å². The Morgan fingerprint density at radius 3 is 2.62 bits per heavy atom. The molecule has 24 heavy (non-hydrogen) atoms. The molecular weight excluding hydrogens is 352 g/mol. The largest absolute Gasteiger partial charge is 0.478 e. The Kier molecular flexibility index (Phi) is 4.75. The van der Waals surface area contributed by atoms with Gasteiger partial charge in [0.2, 0.25) is 10.0 Å². The number of amides is 1. The molecule has 0 radical (unpaired) electrons. The zero-order valence-electron chi connectivity index (χ0n) is 12.5. The third-order valence-electron chi connectivity index (χ3n) is 3.53. The Bertz CT molecular complexity index is 870. The highest BCUT2D eigenvalue weighted by Gasteiger charge is 2.27. The van der Waals surface area contributed by atoms with Gasteiger partial charge in [-0.3, -0.25) is 4.79 Å². The first kappa shape index (κ1) is 16.8. The molecule has 1 atom stereocenters. The van der Waals surface area contributed by atoms with E-state index in [-0.39, 0.29) is 28.8 Å². The molecule has 0 bridgehead atoms. The zero-order chi connectivity index (χ0) is 17.2. The molecule has 1 amide bonds. The van der Waals surface area contributed by atoms with Crippen molar-refractivity contribution in [2.75, 3.05) is 11.9 Å². The predicted octanol–water partition coefficient (Wildman–Crippen LogP) is 2.41. The van der Waals surface area contributed by atoms with Gasteiger partial charge in [-0.15, -0.1) is 0 Å². The number of anilines is 1. The number of rotatable bonds is 5. The Morgan fingerprint density at radius 2 is 1.83 bits per heavy atom. The van der Waals surface area contributed by atoms with E-state index in [1.54, 1.807) is 36.4 Å². The molecule has 2 aromatic carbocycles. The summed E-state index contributed by atoms with van der Waals surface area (Å²) < 4.78 is 32.5. The van der Waals surface area contributed by atoms with Crippen LogP contribution in [0.1, 0.15) is 6.42 Å². The van der Waals surface area contributed by atoms with Crippen LogP contribution >= 0.6 is 11.6 Å². The van der Waals surface area contributed by atoms with Crippen molar-refractivity contribution in [3.8, 4) is 5.75 Å². The van der Waals surface area contributed by atoms with Gasteiger partial charge in [0, 0.05) is 13.0 Å². The zero-order valence-corrected chi connectivity index (χ0v) is 14.1. The summed E-state index contributed by atoms with van der Waals surface area (Å²) in [6.45, 7) is 0.0494. The van der Waals surface area contributed by atoms with Crippen molar-refractivity contribution in [3.63, 3.8) is 0 Å². The number of benzene rings is 2. The van der Waals surface area contributed by atoms with E-state index in [1.165, 1.54) is 12.1 Å². The maximum atomic E-state index is 12.2. The van der Waals surface area contributed by atoms with Crippen LogP contribution in [0.15, 0.2) is 53.4 Å². The number of para-hydroxylation sites is 2. The molecule has 8 heteroatoms. The van der Waals surface area contributed by atoms with E-state index in [9.17, 15) is 13.2 Å². The summed E-state index contributed by atoms with van der Waals surface area (Å²) in [7, 11) is -3.74. The number of hydrogen-bond donors (Lipinski definition) is 2. The molecule has 3 rings (SSSR count). The second kappa shape index (κ2) is 6.80. The maximum absolute atomic E-state index is 12.2. The lowest BCUT2D eigenvalue weighted by molar-refractivity contribution is -0.123. The number of halogens is 1. The van der Waals surface area contributed by atoms with Crippen molar-refractivity contribution in [2.45, 2.75) is 17.4 Å². The fourth-order valence-electron chi connectivity index (χ4n) is 2.35. The van der Waals surface area contributed by atoms with Crippen LogP contribution in [0, 0.1) is 0 Å². The van der Waals surface area contributed by atoms with E-state index in [1.807, 2.05) is 0 Å². The Morgan fingerprint density at radius 1 is 1.12 bits per heavy atom. The summed E-state index contributed by atoms with van der Waals surface area (Å²) in [4.78, 5) is 12.0. The molecule has 1 unspecified atom stereocenters. The summed E-state index contributed by atoms with van der Waals surface area (Å²) in [5, 5.41) is 2.88. The highest BCUT2D eigenvalue weighted by Crippen LogP contribution is 2.29. The molecule has 0 spiro atoms. The number of carbonyl (C=O) groups is 1. The maximum Gasteiger partial charge on any atom is 0.265 e. The summed E-state index contributed by atoms with van der Waals surface area (Å²) in [5.41, 5.74) is 0.607. The normalized spacial score (nSPS) is 16.9. The average Bonchev–Trinajstić information content (AvgIpc) is 2.55. The number of nitrogens with one attached hydrogen (secondary N) is 2. The van der Waals surface area contributed by atoms with Gasteiger partial charge in [0.05, 0.1) is 10.7 Å². The molecule has 2 N–H and O–H groups in total. The minimum absolute atomic E-state index is 0.00558. The van der Waals surface area contributed by atoms with Crippen molar-refractivity contribution >= 4 is 33.2 Å². The molecule has 2 aromatic rings. The summed E-state index contributed by atoms with van der Waals surface area (Å²) in [6.07, 6.45) is -0.557. The van der Waals surface area contributed by atoms with Crippen LogP contribution in [-0.4, -0.2) is 27.0 Å². The van der Waals surface area contributed by atoms with Gasteiger partial charge in [-0.1, -0.05) is 35.9 Å². The van der Waals surface area contributed by atoms with Crippen LogP contribution in [0.4, 0.5) is 5.69 Å². The molecule has 0 saturated heterocycles. The van der Waals surface area contributed by atoms with E-state index < -0.39 is 16.1 Å². The van der Waals surface area contributed by atoms with E-state index in [0.29, 0.717) is 11.4 Å². The SMILES string of the molecule is O=C1Nc2ccccc2OC1CCNS(=O)(=O)c1ccccc1Cl. The summed E-state index contributed by atoms with van der Waals surface area (Å²) in [5.74, 6) is 0.265. The molecular formula is C16H15ClN2O4S. The first-order valence-corrected chi connectivity index (χ1v) is 9.14. The highest BCUT2D eigenvalue weighted by molar-refractivity contribution is 7.89. The number of fused-ring (bicyclic) bond motifs is 1. The Balaban J connectivity index is 1.63. The topological polar surface area (TPSA) is 84.5 Å². The number of carbonyl (C=O) groups excluding carboxylic acids is 1. The minimum Gasteiger partial charge on any atom is -0.478 e. The van der Waals surface area contributed by atoms with Gasteiger partial charge >= 0.3 is 0 Å². The lowest BCUT2D eigenvalue weighted by atomic mass is 10.2. The van der Waals surface area contributed by atoms with Gasteiger partial charge in [-0.05, 0) is 24.3 Å². The monoisotopic (exact) mass is 366 g/mol. The van der Waals surface area contributed by atoms with E-state index in [4.69, 9.17) is 16.3 Å². The Labute approximate surface area is 144 Å². The van der Waals surface area contributed by atoms with E-state index in [2.05, 4.69) is 10.0 Å². The molecule has 0 aromatic heterocycles. The molecule has 1 aliphatic rings. The van der Waals surface area contributed by atoms with Gasteiger partial charge in [-0.25, -0.2) is 13.1 Å². The van der Waals surface area contributed by atoms with E-state index in [0.717, 1.165) is 0 Å². The lowest BCUT2D eigenvalue weighted by Gasteiger charge is -2.25. The number of hydrogen-bond acceptors (Lipinski definition) is 4. The van der Waals surface area contributed by atoms with Gasteiger partial charge in [0.1, 0.15) is 10.6 Å². The fraction of sp³-hybridized carbons (Fsp3) is 0.188. The first-order valence-electron chi connectivity index (χ1n) is 7.28.